The van der Waals surface area contributed by atoms with Gasteiger partial charge in [-0.3, -0.25) is 5.01 Å². The Morgan fingerprint density at radius 1 is 1.03 bits per heavy atom. The third-order valence-electron chi connectivity index (χ3n) is 10.4. The van der Waals surface area contributed by atoms with Crippen LogP contribution in [0.4, 0.5) is 5.69 Å². The number of aryl methyl sites for hydroxylation is 1. The first-order chi connectivity index (χ1) is 14.8. The summed E-state index contributed by atoms with van der Waals surface area (Å²) in [6, 6.07) is 9.47. The van der Waals surface area contributed by atoms with E-state index < -0.39 is 0 Å². The van der Waals surface area contributed by atoms with Gasteiger partial charge in [0.2, 0.25) is 0 Å². The molecular weight excluding hydrogens is 380 g/mol. The number of aliphatic hydroxyl groups excluding tert-OH is 1. The Hall–Kier alpha value is -1.61. The number of nitrogens with zero attached hydrogens (tertiary/aromatic N) is 2. The van der Waals surface area contributed by atoms with E-state index in [9.17, 15) is 5.11 Å². The Morgan fingerprint density at radius 3 is 2.58 bits per heavy atom. The van der Waals surface area contributed by atoms with E-state index in [-0.39, 0.29) is 6.10 Å². The predicted octanol–water partition coefficient (Wildman–Crippen LogP) is 6.11. The van der Waals surface area contributed by atoms with Gasteiger partial charge in [-0.1, -0.05) is 43.2 Å². The second kappa shape index (κ2) is 6.70. The predicted molar refractivity (Wildman–Crippen MR) is 127 cm³/mol. The van der Waals surface area contributed by atoms with Crippen molar-refractivity contribution in [2.24, 2.45) is 39.6 Å². The lowest BCUT2D eigenvalue weighted by Crippen LogP contribution is -2.50. The zero-order valence-corrected chi connectivity index (χ0v) is 19.6. The van der Waals surface area contributed by atoms with Crippen LogP contribution in [0.15, 0.2) is 41.0 Å². The number of allylic oxidation sites excluding steroid dienone is 1. The summed E-state index contributed by atoms with van der Waals surface area (Å²) in [7, 11) is 0. The summed E-state index contributed by atoms with van der Waals surface area (Å²) < 4.78 is 0. The zero-order chi connectivity index (χ0) is 21.5. The van der Waals surface area contributed by atoms with Crippen molar-refractivity contribution in [2.45, 2.75) is 84.8 Å². The summed E-state index contributed by atoms with van der Waals surface area (Å²) in [4.78, 5) is 0. The molecule has 3 fully saturated rings. The minimum atomic E-state index is -0.113. The molecule has 0 spiro atoms. The second-order valence-electron chi connectivity index (χ2n) is 11.9. The van der Waals surface area contributed by atoms with Gasteiger partial charge in [0, 0.05) is 11.6 Å². The molecule has 31 heavy (non-hydrogen) atoms. The molecule has 0 bridgehead atoms. The van der Waals surface area contributed by atoms with Crippen LogP contribution in [-0.4, -0.2) is 23.0 Å². The average Bonchev–Trinajstić information content (AvgIpc) is 3.24. The molecule has 1 aromatic rings. The lowest BCUT2D eigenvalue weighted by Gasteiger charge is -2.57. The van der Waals surface area contributed by atoms with Crippen molar-refractivity contribution >= 4 is 11.4 Å². The zero-order valence-electron chi connectivity index (χ0n) is 19.6. The number of benzene rings is 1. The van der Waals surface area contributed by atoms with Crippen LogP contribution in [0.1, 0.15) is 71.3 Å². The number of aliphatic hydroxyl groups is 1. The summed E-state index contributed by atoms with van der Waals surface area (Å²) in [5.74, 6) is 2.95. The topological polar surface area (TPSA) is 35.8 Å². The molecular formula is C28H38N2O. The van der Waals surface area contributed by atoms with E-state index >= 15 is 0 Å². The van der Waals surface area contributed by atoms with Crippen molar-refractivity contribution in [1.29, 1.82) is 0 Å². The highest BCUT2D eigenvalue weighted by molar-refractivity contribution is 5.90. The van der Waals surface area contributed by atoms with E-state index in [0.717, 1.165) is 30.6 Å². The van der Waals surface area contributed by atoms with Crippen molar-refractivity contribution in [1.82, 2.24) is 0 Å². The molecule has 0 radical (unpaired) electrons. The quantitative estimate of drug-likeness (QED) is 0.559. The highest BCUT2D eigenvalue weighted by atomic mass is 16.3. The Kier molecular flexibility index (Phi) is 4.33. The van der Waals surface area contributed by atoms with Crippen LogP contribution in [-0.2, 0) is 0 Å². The van der Waals surface area contributed by atoms with Gasteiger partial charge < -0.3 is 5.11 Å². The van der Waals surface area contributed by atoms with E-state index in [1.807, 2.05) is 0 Å². The number of hydrogen-bond donors (Lipinski definition) is 1. The van der Waals surface area contributed by atoms with E-state index in [1.165, 1.54) is 49.1 Å². The maximum absolute atomic E-state index is 10.3. The monoisotopic (exact) mass is 418 g/mol. The SMILES string of the molecule is CC1=NN(c2ccc(C)cc2)[C@@H]2C[C@H]3[C@@H]4CC=C5C[C@@H](O)CC[C@]5(C)[C@H]4CC[C@]3(C)[C@H]12. The van der Waals surface area contributed by atoms with Gasteiger partial charge in [-0.25, -0.2) is 0 Å². The van der Waals surface area contributed by atoms with Gasteiger partial charge in [0.1, 0.15) is 0 Å². The first-order valence-corrected chi connectivity index (χ1v) is 12.6. The maximum Gasteiger partial charge on any atom is 0.0615 e. The van der Waals surface area contributed by atoms with Crippen LogP contribution in [0, 0.1) is 41.4 Å². The second-order valence-corrected chi connectivity index (χ2v) is 11.9. The fraction of sp³-hybridized carbons (Fsp3) is 0.679. The number of hydrogen-bond acceptors (Lipinski definition) is 3. The Labute approximate surface area is 187 Å². The molecule has 0 amide bonds. The molecule has 4 aliphatic carbocycles. The molecule has 3 heteroatoms. The fourth-order valence-electron chi connectivity index (χ4n) is 8.91. The smallest absolute Gasteiger partial charge is 0.0615 e. The van der Waals surface area contributed by atoms with Crippen molar-refractivity contribution in [3.63, 3.8) is 0 Å². The van der Waals surface area contributed by atoms with Gasteiger partial charge in [0.25, 0.3) is 0 Å². The first kappa shape index (κ1) is 20.0. The van der Waals surface area contributed by atoms with Gasteiger partial charge in [-0.05, 0) is 99.5 Å². The minimum absolute atomic E-state index is 0.113. The van der Waals surface area contributed by atoms with Gasteiger partial charge >= 0.3 is 0 Å². The largest absolute Gasteiger partial charge is 0.393 e. The summed E-state index contributed by atoms with van der Waals surface area (Å²) in [6.45, 7) is 9.58. The van der Waals surface area contributed by atoms with Crippen LogP contribution >= 0.6 is 0 Å². The van der Waals surface area contributed by atoms with Crippen LogP contribution < -0.4 is 5.01 Å². The van der Waals surface area contributed by atoms with Gasteiger partial charge in [0.15, 0.2) is 0 Å². The molecule has 0 aromatic heterocycles. The van der Waals surface area contributed by atoms with Crippen molar-refractivity contribution in [3.05, 3.63) is 41.5 Å². The Morgan fingerprint density at radius 2 is 1.81 bits per heavy atom. The molecule has 1 aliphatic heterocycles. The van der Waals surface area contributed by atoms with Gasteiger partial charge in [-0.2, -0.15) is 5.10 Å². The van der Waals surface area contributed by atoms with E-state index in [4.69, 9.17) is 5.10 Å². The fourth-order valence-corrected chi connectivity index (χ4v) is 8.91. The average molecular weight is 419 g/mol. The van der Waals surface area contributed by atoms with Crippen molar-refractivity contribution in [2.75, 3.05) is 5.01 Å². The molecule has 0 saturated heterocycles. The molecule has 3 nitrogen and oxygen atoms in total. The summed E-state index contributed by atoms with van der Waals surface area (Å²) >= 11 is 0. The van der Waals surface area contributed by atoms with Crippen molar-refractivity contribution in [3.8, 4) is 0 Å². The van der Waals surface area contributed by atoms with Crippen LogP contribution in [0.25, 0.3) is 0 Å². The molecule has 6 rings (SSSR count). The molecule has 8 atom stereocenters. The summed E-state index contributed by atoms with van der Waals surface area (Å²) in [5, 5.41) is 17.8. The lowest BCUT2D eigenvalue weighted by atomic mass is 9.47. The molecule has 1 heterocycles. The molecule has 0 unspecified atom stereocenters. The normalized spacial score (nSPS) is 45.9. The highest BCUT2D eigenvalue weighted by Gasteiger charge is 2.63. The standard InChI is InChI=1S/C28H38N2O/c1-17-5-8-20(9-6-17)30-25-16-24-22-10-7-19-15-21(31)11-13-27(19,3)23(22)12-14-28(24,4)26(25)18(2)29-30/h5-9,21-26,31H,10-16H2,1-4H3/t21-,22+,23-,24-,25+,26+,27-,28-/m0/s1. The Bertz CT molecular complexity index is 948. The molecule has 3 saturated carbocycles. The molecule has 1 N–H and O–H groups in total. The van der Waals surface area contributed by atoms with Crippen LogP contribution in [0.2, 0.25) is 0 Å². The van der Waals surface area contributed by atoms with Crippen molar-refractivity contribution < 1.29 is 5.11 Å². The third-order valence-corrected chi connectivity index (χ3v) is 10.4. The van der Waals surface area contributed by atoms with Gasteiger partial charge in [-0.15, -0.1) is 0 Å². The lowest BCUT2D eigenvalue weighted by molar-refractivity contribution is -0.0422. The van der Waals surface area contributed by atoms with E-state index in [2.05, 4.69) is 63.0 Å². The molecule has 166 valence electrons. The van der Waals surface area contributed by atoms with Gasteiger partial charge in [0.05, 0.1) is 17.8 Å². The van der Waals surface area contributed by atoms with E-state index in [1.54, 1.807) is 5.57 Å². The third kappa shape index (κ3) is 2.71. The molecule has 5 aliphatic rings. The van der Waals surface area contributed by atoms with Crippen LogP contribution in [0.3, 0.4) is 0 Å². The maximum atomic E-state index is 10.3. The van der Waals surface area contributed by atoms with E-state index in [0.29, 0.717) is 22.8 Å². The number of hydrazone groups is 1. The first-order valence-electron chi connectivity index (χ1n) is 12.6. The highest BCUT2D eigenvalue weighted by Crippen LogP contribution is 2.67. The van der Waals surface area contributed by atoms with Crippen LogP contribution in [0.5, 0.6) is 0 Å². The summed E-state index contributed by atoms with van der Waals surface area (Å²) in [5.41, 5.74) is 6.19. The summed E-state index contributed by atoms with van der Waals surface area (Å²) in [6.07, 6.45) is 10.7. The number of rotatable bonds is 1. The minimum Gasteiger partial charge on any atom is -0.393 e. The Balaban J connectivity index is 1.34. The number of fused-ring (bicyclic) bond motifs is 7. The molecule has 1 aromatic carbocycles. The number of anilines is 1.